The molecule has 48 valence electrons. The number of nitrogens with zero attached hydrogens (tertiary/aromatic N) is 1. The van der Waals surface area contributed by atoms with Gasteiger partial charge in [-0.2, -0.15) is 0 Å². The molecular formula is C6H14AsN. The molecule has 0 N–H and O–H groups in total. The van der Waals surface area contributed by atoms with Crippen LogP contribution in [-0.4, -0.2) is 35.9 Å². The first kappa shape index (κ1) is 8.10. The zero-order valence-corrected chi connectivity index (χ0v) is 8.23. The van der Waals surface area contributed by atoms with Gasteiger partial charge in [-0.15, -0.1) is 0 Å². The second-order valence-corrected chi connectivity index (χ2v) is 1.93. The molecule has 0 spiro atoms. The predicted molar refractivity (Wildman–Crippen MR) is 40.9 cm³/mol. The van der Waals surface area contributed by atoms with Gasteiger partial charge in [-0.3, -0.25) is 0 Å². The maximum atomic E-state index is 3.67. The summed E-state index contributed by atoms with van der Waals surface area (Å²) in [4.78, 5) is 2.25. The molecule has 0 aromatic rings. The Kier molecular flexibility index (Phi) is 4.07. The van der Waals surface area contributed by atoms with Crippen molar-refractivity contribution in [3.05, 3.63) is 12.8 Å². The van der Waals surface area contributed by atoms with Crippen molar-refractivity contribution in [2.24, 2.45) is 0 Å². The van der Waals surface area contributed by atoms with Crippen LogP contribution in [0.5, 0.6) is 0 Å². The van der Waals surface area contributed by atoms with Gasteiger partial charge in [-0.1, -0.05) is 6.58 Å². The normalized spacial score (nSPS) is 17.8. The van der Waals surface area contributed by atoms with Crippen LogP contribution in [0.3, 0.4) is 0 Å². The van der Waals surface area contributed by atoms with Gasteiger partial charge < -0.3 is 4.90 Å². The van der Waals surface area contributed by atoms with Crippen LogP contribution in [0.4, 0.5) is 0 Å². The molecule has 0 bridgehead atoms. The Morgan fingerprint density at radius 3 is 2.00 bits per heavy atom. The molecule has 0 aromatic heterocycles. The minimum absolute atomic E-state index is 0. The summed E-state index contributed by atoms with van der Waals surface area (Å²) in [7, 11) is 0. The number of hydrogen-bond donors (Lipinski definition) is 0. The Morgan fingerprint density at radius 1 is 1.25 bits per heavy atom. The van der Waals surface area contributed by atoms with E-state index in [0.717, 1.165) is 0 Å². The molecule has 0 amide bonds. The van der Waals surface area contributed by atoms with Crippen LogP contribution in [0.1, 0.15) is 12.8 Å². The molecule has 1 fully saturated rings. The van der Waals surface area contributed by atoms with Crippen molar-refractivity contribution in [1.82, 2.24) is 4.90 Å². The van der Waals surface area contributed by atoms with Gasteiger partial charge in [0, 0.05) is 13.1 Å². The molecular weight excluding hydrogens is 161 g/mol. The zero-order chi connectivity index (χ0) is 5.11. The third kappa shape index (κ3) is 1.91. The Balaban J connectivity index is 0.000000490. The summed E-state index contributed by atoms with van der Waals surface area (Å²) in [5.74, 6) is 0. The van der Waals surface area contributed by atoms with Crippen LogP contribution in [0, 0.1) is 0 Å². The van der Waals surface area contributed by atoms with E-state index < -0.39 is 0 Å². The van der Waals surface area contributed by atoms with Crippen LogP contribution >= 0.6 is 0 Å². The molecule has 1 rings (SSSR count). The Bertz CT molecular complexity index is 66.9. The second kappa shape index (κ2) is 4.03. The van der Waals surface area contributed by atoms with Gasteiger partial charge in [0.05, 0.1) is 0 Å². The molecule has 1 unspecified atom stereocenters. The van der Waals surface area contributed by atoms with Crippen molar-refractivity contribution in [2.75, 3.05) is 13.1 Å². The van der Waals surface area contributed by atoms with Crippen molar-refractivity contribution in [1.29, 1.82) is 0 Å². The minimum atomic E-state index is 0. The molecule has 0 aliphatic carbocycles. The van der Waals surface area contributed by atoms with Gasteiger partial charge in [0.15, 0.2) is 0 Å². The van der Waals surface area contributed by atoms with E-state index in [-0.39, 0.29) is 18.0 Å². The number of likely N-dealkylation sites (tertiary alicyclic amines) is 1. The number of hydrogen-bond acceptors (Lipinski definition) is 1. The van der Waals surface area contributed by atoms with Crippen LogP contribution in [0.15, 0.2) is 12.8 Å². The van der Waals surface area contributed by atoms with Gasteiger partial charge in [0.1, 0.15) is 0 Å². The average Bonchev–Trinajstić information content (AvgIpc) is 2.14. The Hall–Kier alpha value is 0.0984. The Morgan fingerprint density at radius 2 is 1.75 bits per heavy atom. The summed E-state index contributed by atoms with van der Waals surface area (Å²) in [6.07, 6.45) is 4.63. The molecule has 0 saturated carbocycles. The zero-order valence-electron chi connectivity index (χ0n) is 5.27. The summed E-state index contributed by atoms with van der Waals surface area (Å²) in [5.41, 5.74) is 0. The molecule has 1 heterocycles. The van der Waals surface area contributed by atoms with Crippen molar-refractivity contribution in [3.8, 4) is 0 Å². The van der Waals surface area contributed by atoms with Gasteiger partial charge in [0.2, 0.25) is 0 Å². The van der Waals surface area contributed by atoms with E-state index in [0.29, 0.717) is 0 Å². The molecule has 1 aliphatic rings. The third-order valence-electron chi connectivity index (χ3n) is 1.40. The molecule has 1 saturated heterocycles. The van der Waals surface area contributed by atoms with Crippen LogP contribution in [0.25, 0.3) is 0 Å². The van der Waals surface area contributed by atoms with E-state index in [1.165, 1.54) is 25.9 Å². The molecule has 8 heavy (non-hydrogen) atoms. The summed E-state index contributed by atoms with van der Waals surface area (Å²) in [5, 5.41) is 0. The van der Waals surface area contributed by atoms with E-state index in [9.17, 15) is 0 Å². The first-order chi connectivity index (χ1) is 3.43. The molecule has 1 aliphatic heterocycles. The molecule has 0 radical (unpaired) electrons. The van der Waals surface area contributed by atoms with Crippen LogP contribution in [0.2, 0.25) is 0 Å². The van der Waals surface area contributed by atoms with Gasteiger partial charge in [-0.05, 0) is 19.0 Å². The van der Waals surface area contributed by atoms with E-state index in [2.05, 4.69) is 11.5 Å². The molecule has 1 nitrogen and oxygen atoms in total. The third-order valence-corrected chi connectivity index (χ3v) is 1.40. The van der Waals surface area contributed by atoms with E-state index in [1.54, 1.807) is 0 Å². The quantitative estimate of drug-likeness (QED) is 0.509. The first-order valence-electron chi connectivity index (χ1n) is 2.80. The molecule has 1 atom stereocenters. The predicted octanol–water partition coefficient (Wildman–Crippen LogP) is 0.0418. The fraction of sp³-hybridized carbons (Fsp3) is 0.667. The topological polar surface area (TPSA) is 3.24 Å². The van der Waals surface area contributed by atoms with Crippen molar-refractivity contribution >= 4 is 18.0 Å². The summed E-state index contributed by atoms with van der Waals surface area (Å²) in [6, 6.07) is 0. The standard InChI is InChI=1S/C6H11N.AsH3/c1-2-7-5-3-4-6-7;/h2H,1,3-6H2;1H3. The average molecular weight is 175 g/mol. The number of rotatable bonds is 1. The van der Waals surface area contributed by atoms with Crippen molar-refractivity contribution in [3.63, 3.8) is 0 Å². The molecule has 0 aromatic carbocycles. The van der Waals surface area contributed by atoms with Crippen molar-refractivity contribution in [2.45, 2.75) is 12.8 Å². The monoisotopic (exact) mass is 175 g/mol. The van der Waals surface area contributed by atoms with E-state index in [1.807, 2.05) is 6.20 Å². The van der Waals surface area contributed by atoms with Gasteiger partial charge >= 0.3 is 18.0 Å². The maximum absolute atomic E-state index is 3.67. The van der Waals surface area contributed by atoms with E-state index >= 15 is 0 Å². The van der Waals surface area contributed by atoms with Crippen molar-refractivity contribution < 1.29 is 0 Å². The van der Waals surface area contributed by atoms with Gasteiger partial charge in [0.25, 0.3) is 0 Å². The first-order valence-corrected chi connectivity index (χ1v) is 2.80. The van der Waals surface area contributed by atoms with Gasteiger partial charge in [-0.25, -0.2) is 0 Å². The van der Waals surface area contributed by atoms with Crippen LogP contribution in [-0.2, 0) is 0 Å². The molecule has 2 heteroatoms. The van der Waals surface area contributed by atoms with E-state index in [4.69, 9.17) is 0 Å². The summed E-state index contributed by atoms with van der Waals surface area (Å²) < 4.78 is 0. The fourth-order valence-corrected chi connectivity index (χ4v) is 0.924. The Labute approximate surface area is 62.1 Å². The summed E-state index contributed by atoms with van der Waals surface area (Å²) >= 11 is 0. The second-order valence-electron chi connectivity index (χ2n) is 1.93. The SMILES string of the molecule is C=CN1CCCC1.[AsH3]. The fourth-order valence-electron chi connectivity index (χ4n) is 0.924. The van der Waals surface area contributed by atoms with Crippen LogP contribution < -0.4 is 0 Å². The summed E-state index contributed by atoms with van der Waals surface area (Å²) in [6.45, 7) is 6.12.